The Balaban J connectivity index is 1.73. The monoisotopic (exact) mass is 259 g/mol. The summed E-state index contributed by atoms with van der Waals surface area (Å²) >= 11 is 5.97. The number of hydrogen-bond donors (Lipinski definition) is 1. The van der Waals surface area contributed by atoms with Crippen molar-refractivity contribution < 1.29 is 0 Å². The van der Waals surface area contributed by atoms with Gasteiger partial charge in [0.1, 0.15) is 5.82 Å². The Hall–Kier alpha value is -1.45. The van der Waals surface area contributed by atoms with E-state index in [0.29, 0.717) is 6.04 Å². The molecule has 1 heterocycles. The standard InChI is InChI=1S/C14H14ClN3/c15-12-3-1-2-10(6-12)11-7-17-14(18-8-11)9-16-13-4-5-13/h1-3,6-8,13,16H,4-5,9H2. The highest BCUT2D eigenvalue weighted by atomic mass is 35.5. The van der Waals surface area contributed by atoms with Gasteiger partial charge in [0.15, 0.2) is 0 Å². The minimum absolute atomic E-state index is 0.682. The third kappa shape index (κ3) is 2.86. The number of nitrogens with zero attached hydrogens (tertiary/aromatic N) is 2. The van der Waals surface area contributed by atoms with Crippen molar-refractivity contribution in [1.29, 1.82) is 0 Å². The maximum absolute atomic E-state index is 5.97. The summed E-state index contributed by atoms with van der Waals surface area (Å²) in [4.78, 5) is 8.74. The average molecular weight is 260 g/mol. The second-order valence-corrected chi connectivity index (χ2v) is 4.99. The first-order valence-electron chi connectivity index (χ1n) is 6.11. The Morgan fingerprint density at radius 3 is 2.61 bits per heavy atom. The van der Waals surface area contributed by atoms with E-state index in [1.54, 1.807) is 0 Å². The highest BCUT2D eigenvalue weighted by molar-refractivity contribution is 6.30. The number of nitrogens with one attached hydrogen (secondary N) is 1. The lowest BCUT2D eigenvalue weighted by Crippen LogP contribution is -2.17. The molecule has 1 saturated carbocycles. The van der Waals surface area contributed by atoms with Crippen LogP contribution in [0.25, 0.3) is 11.1 Å². The molecule has 0 bridgehead atoms. The summed E-state index contributed by atoms with van der Waals surface area (Å²) in [5.74, 6) is 0.840. The summed E-state index contributed by atoms with van der Waals surface area (Å²) in [6.45, 7) is 0.750. The van der Waals surface area contributed by atoms with Gasteiger partial charge in [-0.15, -0.1) is 0 Å². The van der Waals surface area contributed by atoms with Gasteiger partial charge in [0.2, 0.25) is 0 Å². The Morgan fingerprint density at radius 2 is 1.94 bits per heavy atom. The van der Waals surface area contributed by atoms with Gasteiger partial charge in [-0.2, -0.15) is 0 Å². The van der Waals surface area contributed by atoms with Crippen molar-refractivity contribution in [2.75, 3.05) is 0 Å². The fourth-order valence-corrected chi connectivity index (χ4v) is 1.98. The zero-order valence-electron chi connectivity index (χ0n) is 9.94. The van der Waals surface area contributed by atoms with E-state index in [0.717, 1.165) is 28.5 Å². The zero-order valence-corrected chi connectivity index (χ0v) is 10.7. The van der Waals surface area contributed by atoms with E-state index in [2.05, 4.69) is 15.3 Å². The van der Waals surface area contributed by atoms with Crippen LogP contribution >= 0.6 is 11.6 Å². The summed E-state index contributed by atoms with van der Waals surface area (Å²) in [5.41, 5.74) is 2.04. The van der Waals surface area contributed by atoms with Gasteiger partial charge in [0, 0.05) is 29.0 Å². The van der Waals surface area contributed by atoms with E-state index in [1.165, 1.54) is 12.8 Å². The van der Waals surface area contributed by atoms with Crippen LogP contribution in [0.4, 0.5) is 0 Å². The molecule has 0 radical (unpaired) electrons. The van der Waals surface area contributed by atoms with Gasteiger partial charge in [-0.05, 0) is 30.5 Å². The third-order valence-electron chi connectivity index (χ3n) is 2.99. The largest absolute Gasteiger partial charge is 0.307 e. The summed E-state index contributed by atoms with van der Waals surface area (Å²) in [6.07, 6.45) is 6.26. The van der Waals surface area contributed by atoms with E-state index >= 15 is 0 Å². The van der Waals surface area contributed by atoms with Crippen LogP contribution in [-0.2, 0) is 6.54 Å². The van der Waals surface area contributed by atoms with Gasteiger partial charge in [-0.3, -0.25) is 0 Å². The maximum Gasteiger partial charge on any atom is 0.141 e. The predicted octanol–water partition coefficient (Wildman–Crippen LogP) is 3.05. The molecule has 18 heavy (non-hydrogen) atoms. The quantitative estimate of drug-likeness (QED) is 0.917. The second-order valence-electron chi connectivity index (χ2n) is 4.55. The van der Waals surface area contributed by atoms with Crippen molar-refractivity contribution in [3.8, 4) is 11.1 Å². The first kappa shape index (κ1) is 11.6. The van der Waals surface area contributed by atoms with Crippen LogP contribution in [0.3, 0.4) is 0 Å². The minimum atomic E-state index is 0.682. The van der Waals surface area contributed by atoms with Gasteiger partial charge in [0.05, 0.1) is 6.54 Å². The molecule has 0 aliphatic heterocycles. The first-order chi connectivity index (χ1) is 8.81. The van der Waals surface area contributed by atoms with E-state index in [1.807, 2.05) is 36.7 Å². The molecule has 1 aliphatic carbocycles. The molecular formula is C14H14ClN3. The van der Waals surface area contributed by atoms with Gasteiger partial charge >= 0.3 is 0 Å². The molecule has 2 aromatic rings. The van der Waals surface area contributed by atoms with Gasteiger partial charge in [-0.1, -0.05) is 23.7 Å². The highest BCUT2D eigenvalue weighted by Gasteiger charge is 2.20. The lowest BCUT2D eigenvalue weighted by molar-refractivity contribution is 0.658. The molecule has 92 valence electrons. The van der Waals surface area contributed by atoms with Gasteiger partial charge in [0.25, 0.3) is 0 Å². The molecule has 1 aliphatic rings. The van der Waals surface area contributed by atoms with Crippen LogP contribution in [-0.4, -0.2) is 16.0 Å². The molecule has 3 nitrogen and oxygen atoms in total. The second kappa shape index (κ2) is 5.04. The van der Waals surface area contributed by atoms with Crippen LogP contribution < -0.4 is 5.32 Å². The third-order valence-corrected chi connectivity index (χ3v) is 3.22. The lowest BCUT2D eigenvalue weighted by Gasteiger charge is -2.04. The van der Waals surface area contributed by atoms with E-state index in [-0.39, 0.29) is 0 Å². The smallest absolute Gasteiger partial charge is 0.141 e. The molecule has 0 spiro atoms. The fourth-order valence-electron chi connectivity index (χ4n) is 1.79. The zero-order chi connectivity index (χ0) is 12.4. The van der Waals surface area contributed by atoms with E-state index in [4.69, 9.17) is 11.6 Å². The lowest BCUT2D eigenvalue weighted by atomic mass is 10.1. The Kier molecular flexibility index (Phi) is 3.26. The Labute approximate surface area is 111 Å². The average Bonchev–Trinajstić information content (AvgIpc) is 3.21. The van der Waals surface area contributed by atoms with Crippen LogP contribution in [0.5, 0.6) is 0 Å². The number of halogens is 1. The molecule has 3 rings (SSSR count). The molecular weight excluding hydrogens is 246 g/mol. The fraction of sp³-hybridized carbons (Fsp3) is 0.286. The summed E-state index contributed by atoms with van der Waals surface area (Å²) in [7, 11) is 0. The molecule has 1 N–H and O–H groups in total. The van der Waals surface area contributed by atoms with Crippen molar-refractivity contribution in [3.63, 3.8) is 0 Å². The van der Waals surface area contributed by atoms with Gasteiger partial charge < -0.3 is 5.32 Å². The van der Waals surface area contributed by atoms with Crippen molar-refractivity contribution in [2.24, 2.45) is 0 Å². The van der Waals surface area contributed by atoms with Crippen molar-refractivity contribution in [2.45, 2.75) is 25.4 Å². The van der Waals surface area contributed by atoms with Crippen LogP contribution in [0.15, 0.2) is 36.7 Å². The van der Waals surface area contributed by atoms with Crippen molar-refractivity contribution >= 4 is 11.6 Å². The minimum Gasteiger partial charge on any atom is -0.307 e. The molecule has 1 aromatic carbocycles. The molecule has 1 aromatic heterocycles. The maximum atomic E-state index is 5.97. The number of aromatic nitrogens is 2. The normalized spacial score (nSPS) is 14.7. The summed E-state index contributed by atoms with van der Waals surface area (Å²) in [6, 6.07) is 8.40. The SMILES string of the molecule is Clc1cccc(-c2cnc(CNC3CC3)nc2)c1. The Morgan fingerprint density at radius 1 is 1.17 bits per heavy atom. The van der Waals surface area contributed by atoms with E-state index in [9.17, 15) is 0 Å². The Bertz CT molecular complexity index is 535. The molecule has 0 amide bonds. The molecule has 0 unspecified atom stereocenters. The number of benzene rings is 1. The molecule has 0 atom stereocenters. The topological polar surface area (TPSA) is 37.8 Å². The summed E-state index contributed by atoms with van der Waals surface area (Å²) in [5, 5.41) is 4.12. The van der Waals surface area contributed by atoms with Crippen LogP contribution in [0, 0.1) is 0 Å². The van der Waals surface area contributed by atoms with E-state index < -0.39 is 0 Å². The van der Waals surface area contributed by atoms with Gasteiger partial charge in [-0.25, -0.2) is 9.97 Å². The first-order valence-corrected chi connectivity index (χ1v) is 6.49. The number of hydrogen-bond acceptors (Lipinski definition) is 3. The molecule has 0 saturated heterocycles. The predicted molar refractivity (Wildman–Crippen MR) is 72.3 cm³/mol. The van der Waals surface area contributed by atoms with Crippen LogP contribution in [0.2, 0.25) is 5.02 Å². The highest BCUT2D eigenvalue weighted by Crippen LogP contribution is 2.21. The molecule has 1 fully saturated rings. The number of rotatable bonds is 4. The van der Waals surface area contributed by atoms with Crippen molar-refractivity contribution in [3.05, 3.63) is 47.5 Å². The van der Waals surface area contributed by atoms with Crippen molar-refractivity contribution in [1.82, 2.24) is 15.3 Å². The van der Waals surface area contributed by atoms with Crippen LogP contribution in [0.1, 0.15) is 18.7 Å². The molecule has 4 heteroatoms. The summed E-state index contributed by atoms with van der Waals surface area (Å²) < 4.78 is 0.